The van der Waals surface area contributed by atoms with Gasteiger partial charge in [-0.15, -0.1) is 0 Å². The van der Waals surface area contributed by atoms with Crippen molar-refractivity contribution in [3.8, 4) is 0 Å². The van der Waals surface area contributed by atoms with Crippen LogP contribution in [0.5, 0.6) is 0 Å². The molecule has 12 heteroatoms. The van der Waals surface area contributed by atoms with Crippen LogP contribution in [0, 0.1) is 0 Å². The van der Waals surface area contributed by atoms with Crippen LogP contribution in [0.2, 0.25) is 0 Å². The van der Waals surface area contributed by atoms with E-state index in [1.807, 2.05) is 23.9 Å². The van der Waals surface area contributed by atoms with Crippen molar-refractivity contribution in [1.82, 2.24) is 29.4 Å². The van der Waals surface area contributed by atoms with Gasteiger partial charge in [0.1, 0.15) is 0 Å². The molecule has 0 aliphatic carbocycles. The van der Waals surface area contributed by atoms with E-state index in [4.69, 9.17) is 0 Å². The second kappa shape index (κ2) is 65.2. The number of likely N-dealkylation sites (N-methyl/N-ethyl adjacent to an activating group) is 4. The molecule has 0 heterocycles. The minimum absolute atomic E-state index is 0.170. The Morgan fingerprint density at radius 3 is 0.675 bits per heavy atom. The minimum atomic E-state index is 0.170. The van der Waals surface area contributed by atoms with Gasteiger partial charge in [-0.3, -0.25) is 9.59 Å². The molecule has 478 valence electrons. The van der Waals surface area contributed by atoms with Crippen LogP contribution in [-0.2, 0) is 9.59 Å². The van der Waals surface area contributed by atoms with Gasteiger partial charge in [0.15, 0.2) is 0 Å². The molecular formula is C68H140N6O2S4. The van der Waals surface area contributed by atoms with E-state index in [0.717, 1.165) is 65.4 Å². The Morgan fingerprint density at radius 2 is 0.450 bits per heavy atom. The van der Waals surface area contributed by atoms with E-state index >= 15 is 0 Å². The average molecular weight is 1200 g/mol. The summed E-state index contributed by atoms with van der Waals surface area (Å²) in [7, 11) is 8.18. The molecule has 0 aromatic rings. The Bertz CT molecular complexity index is 1110. The number of hydrogen-bond donors (Lipinski definition) is 0. The molecule has 0 spiro atoms. The molecule has 0 saturated heterocycles. The van der Waals surface area contributed by atoms with Gasteiger partial charge < -0.3 is 29.4 Å². The maximum Gasteiger partial charge on any atom is 0.223 e. The van der Waals surface area contributed by atoms with E-state index in [0.29, 0.717) is 25.9 Å². The maximum absolute atomic E-state index is 13.3. The molecule has 0 unspecified atom stereocenters. The van der Waals surface area contributed by atoms with Crippen molar-refractivity contribution in [1.29, 1.82) is 0 Å². The lowest BCUT2D eigenvalue weighted by Crippen LogP contribution is -2.40. The topological polar surface area (TPSA) is 53.6 Å². The molecule has 0 aliphatic rings. The highest BCUT2D eigenvalue weighted by Crippen LogP contribution is 2.17. The molecule has 0 aromatic heterocycles. The van der Waals surface area contributed by atoms with E-state index in [1.165, 1.54) is 277 Å². The summed E-state index contributed by atoms with van der Waals surface area (Å²) in [4.78, 5) is 40.4. The molecule has 0 fully saturated rings. The van der Waals surface area contributed by atoms with E-state index < -0.39 is 0 Å². The highest BCUT2D eigenvalue weighted by molar-refractivity contribution is 7.99. The molecule has 0 saturated carbocycles. The third-order valence-corrected chi connectivity index (χ3v) is 20.6. The predicted molar refractivity (Wildman–Crippen MR) is 371 cm³/mol. The molecule has 0 radical (unpaired) electrons. The van der Waals surface area contributed by atoms with Crippen molar-refractivity contribution in [3.63, 3.8) is 0 Å². The Hall–Kier alpha value is 0.180. The fourth-order valence-electron chi connectivity index (χ4n) is 10.3. The third kappa shape index (κ3) is 58.6. The number of rotatable bonds is 67. The zero-order valence-electron chi connectivity index (χ0n) is 55.1. The summed E-state index contributed by atoms with van der Waals surface area (Å²) >= 11 is 8.62. The van der Waals surface area contributed by atoms with Crippen molar-refractivity contribution in [3.05, 3.63) is 0 Å². The van der Waals surface area contributed by atoms with Crippen LogP contribution >= 0.6 is 47.0 Å². The highest BCUT2D eigenvalue weighted by atomic mass is 32.2. The van der Waals surface area contributed by atoms with E-state index in [1.54, 1.807) is 0 Å². The van der Waals surface area contributed by atoms with Crippen molar-refractivity contribution in [2.45, 2.75) is 272 Å². The van der Waals surface area contributed by atoms with Crippen LogP contribution in [0.1, 0.15) is 272 Å². The molecule has 0 aliphatic heterocycles. The van der Waals surface area contributed by atoms with Gasteiger partial charge in [0.2, 0.25) is 11.8 Å². The normalized spacial score (nSPS) is 11.9. The lowest BCUT2D eigenvalue weighted by atomic mass is 10.1. The SMILES string of the molecule is CCCCCCCCCCCSCCN(CCSCCCCCCCCCCC)CCN(C)CCC(=O)N(C)CCN(C)C(=O)CCN(C)CCN(CCSCCCCCCCCCCC)CCSCCCCCCCCCCC. The molecule has 0 aromatic carbocycles. The number of nitrogens with zero attached hydrogens (tertiary/aromatic N) is 6. The standard InChI is InChI=1S/C68H140N6O2S4/c1-9-13-17-21-25-29-33-37-41-59-77-63-55-73(56-64-78-60-42-38-34-30-26-22-18-14-10-2)53-49-69(5)47-45-67(75)71(7)51-52-72(8)68(76)46-48-70(6)50-54-74(57-65-79-61-43-39-35-31-27-23-19-15-11-3)58-66-80-62-44-40-36-32-28-24-20-16-12-4/h9-66H2,1-8H3. The van der Waals surface area contributed by atoms with Gasteiger partial charge in [0, 0.05) is 128 Å². The Kier molecular flexibility index (Phi) is 65.3. The fraction of sp³-hybridized carbons (Fsp3) is 0.971. The molecule has 0 atom stereocenters. The summed E-state index contributed by atoms with van der Waals surface area (Å²) < 4.78 is 0. The van der Waals surface area contributed by atoms with Crippen molar-refractivity contribution >= 4 is 58.9 Å². The van der Waals surface area contributed by atoms with Crippen LogP contribution in [0.25, 0.3) is 0 Å². The molecule has 0 bridgehead atoms. The van der Waals surface area contributed by atoms with Crippen LogP contribution in [-0.4, -0.2) is 194 Å². The second-order valence-corrected chi connectivity index (χ2v) is 29.1. The average Bonchev–Trinajstić information content (AvgIpc) is 3.46. The van der Waals surface area contributed by atoms with Gasteiger partial charge in [0.05, 0.1) is 0 Å². The minimum Gasteiger partial charge on any atom is -0.344 e. The highest BCUT2D eigenvalue weighted by Gasteiger charge is 2.16. The van der Waals surface area contributed by atoms with Crippen LogP contribution in [0.15, 0.2) is 0 Å². The first-order valence-electron chi connectivity index (χ1n) is 34.8. The van der Waals surface area contributed by atoms with E-state index in [-0.39, 0.29) is 11.8 Å². The number of unbranched alkanes of at least 4 members (excludes halogenated alkanes) is 32. The van der Waals surface area contributed by atoms with Crippen LogP contribution in [0.4, 0.5) is 0 Å². The summed E-state index contributed by atoms with van der Waals surface area (Å²) in [6.07, 6.45) is 51.4. The van der Waals surface area contributed by atoms with E-state index in [9.17, 15) is 9.59 Å². The number of carbonyl (C=O) groups is 2. The Morgan fingerprint density at radius 1 is 0.237 bits per heavy atom. The first-order chi connectivity index (χ1) is 39.2. The van der Waals surface area contributed by atoms with Gasteiger partial charge >= 0.3 is 0 Å². The number of amides is 2. The summed E-state index contributed by atoms with van der Waals surface area (Å²) in [6.45, 7) is 20.7. The number of thioether (sulfide) groups is 4. The predicted octanol–water partition coefficient (Wildman–Crippen LogP) is 18.2. The lowest BCUT2D eigenvalue weighted by Gasteiger charge is -2.27. The largest absolute Gasteiger partial charge is 0.344 e. The summed E-state index contributed by atoms with van der Waals surface area (Å²) in [6, 6.07) is 0. The van der Waals surface area contributed by atoms with Gasteiger partial charge in [-0.05, 0) is 62.8 Å². The number of carbonyl (C=O) groups excluding carboxylic acids is 2. The first kappa shape index (κ1) is 80.2. The second-order valence-electron chi connectivity index (χ2n) is 24.2. The number of hydrogen-bond acceptors (Lipinski definition) is 10. The zero-order chi connectivity index (χ0) is 58.5. The van der Waals surface area contributed by atoms with Crippen LogP contribution in [0.3, 0.4) is 0 Å². The van der Waals surface area contributed by atoms with Crippen molar-refractivity contribution in [2.24, 2.45) is 0 Å². The molecule has 8 nitrogen and oxygen atoms in total. The molecular weight excluding hydrogens is 1060 g/mol. The van der Waals surface area contributed by atoms with E-state index in [2.05, 4.69) is 108 Å². The van der Waals surface area contributed by atoms with Crippen molar-refractivity contribution in [2.75, 3.05) is 153 Å². The Balaban J connectivity index is 4.73. The van der Waals surface area contributed by atoms with Crippen LogP contribution < -0.4 is 0 Å². The summed E-state index contributed by atoms with van der Waals surface area (Å²) in [5, 5.41) is 0. The van der Waals surface area contributed by atoms with Gasteiger partial charge in [0.25, 0.3) is 0 Å². The van der Waals surface area contributed by atoms with Gasteiger partial charge in [-0.25, -0.2) is 0 Å². The molecule has 0 N–H and O–H groups in total. The molecule has 0 rings (SSSR count). The smallest absolute Gasteiger partial charge is 0.223 e. The van der Waals surface area contributed by atoms with Crippen molar-refractivity contribution < 1.29 is 9.59 Å². The molecule has 80 heavy (non-hydrogen) atoms. The van der Waals surface area contributed by atoms with Gasteiger partial charge in [-0.2, -0.15) is 47.0 Å². The zero-order valence-corrected chi connectivity index (χ0v) is 58.4. The summed E-state index contributed by atoms with van der Waals surface area (Å²) in [5.41, 5.74) is 0. The third-order valence-electron chi connectivity index (χ3n) is 16.4. The fourth-order valence-corrected chi connectivity index (χ4v) is 14.3. The Labute approximate surface area is 519 Å². The maximum atomic E-state index is 13.3. The quantitative estimate of drug-likeness (QED) is 0.0551. The first-order valence-corrected chi connectivity index (χ1v) is 39.4. The monoisotopic (exact) mass is 1200 g/mol. The lowest BCUT2D eigenvalue weighted by molar-refractivity contribution is -0.133. The molecule has 2 amide bonds. The summed E-state index contributed by atoms with van der Waals surface area (Å²) in [5.74, 6) is 10.4. The van der Waals surface area contributed by atoms with Gasteiger partial charge in [-0.1, -0.05) is 233 Å².